The average Bonchev–Trinajstić information content (AvgIpc) is 2.83. The first-order valence-corrected chi connectivity index (χ1v) is 7.25. The first kappa shape index (κ1) is 15.3. The van der Waals surface area contributed by atoms with Crippen molar-refractivity contribution in [1.82, 2.24) is 10.3 Å². The van der Waals surface area contributed by atoms with Crippen molar-refractivity contribution in [3.05, 3.63) is 24.3 Å². The van der Waals surface area contributed by atoms with Crippen LogP contribution < -0.4 is 16.1 Å². The van der Waals surface area contributed by atoms with Gasteiger partial charge in [0, 0.05) is 18.8 Å². The molecule has 21 heavy (non-hydrogen) atoms. The Bertz CT molecular complexity index is 528. The van der Waals surface area contributed by atoms with Gasteiger partial charge in [-0.15, -0.1) is 0 Å². The summed E-state index contributed by atoms with van der Waals surface area (Å²) < 4.78 is 0. The van der Waals surface area contributed by atoms with Gasteiger partial charge in [-0.25, -0.2) is 4.99 Å². The minimum Gasteiger partial charge on any atom is -0.381 e. The molecule has 1 aromatic carbocycles. The second-order valence-corrected chi connectivity index (χ2v) is 5.18. The van der Waals surface area contributed by atoms with Crippen LogP contribution in [-0.4, -0.2) is 49.8 Å². The molecule has 0 radical (unpaired) electrons. The van der Waals surface area contributed by atoms with Gasteiger partial charge in [-0.05, 0) is 52.2 Å². The molecule has 1 unspecified atom stereocenters. The molecule has 0 aromatic heterocycles. The first-order valence-electron chi connectivity index (χ1n) is 7.25. The Morgan fingerprint density at radius 2 is 1.81 bits per heavy atom. The van der Waals surface area contributed by atoms with Crippen LogP contribution in [0.4, 0.5) is 11.4 Å². The predicted octanol–water partition coefficient (Wildman–Crippen LogP) is 1.37. The van der Waals surface area contributed by atoms with Crippen LogP contribution in [0.3, 0.4) is 0 Å². The highest BCUT2D eigenvalue weighted by Crippen LogP contribution is 2.20. The molecule has 1 heterocycles. The van der Waals surface area contributed by atoms with Crippen molar-refractivity contribution in [2.75, 3.05) is 32.1 Å². The van der Waals surface area contributed by atoms with E-state index >= 15 is 0 Å². The third-order valence-electron chi connectivity index (χ3n) is 3.57. The van der Waals surface area contributed by atoms with Gasteiger partial charge in [0.15, 0.2) is 5.84 Å². The Labute approximate surface area is 126 Å². The van der Waals surface area contributed by atoms with Gasteiger partial charge in [-0.3, -0.25) is 10.3 Å². The maximum absolute atomic E-state index is 5.90. The fourth-order valence-corrected chi connectivity index (χ4v) is 2.33. The molecule has 6 heteroatoms. The van der Waals surface area contributed by atoms with Crippen molar-refractivity contribution in [3.63, 3.8) is 0 Å². The SMILES string of the molecule is CCN(CC)c1ccc(N=C2C(N)=NNC2N(C)C)cc1. The minimum absolute atomic E-state index is 0.0764. The molecule has 0 fully saturated rings. The Balaban J connectivity index is 2.22. The molecule has 1 aromatic rings. The molecule has 0 saturated heterocycles. The highest BCUT2D eigenvalue weighted by atomic mass is 15.4. The summed E-state index contributed by atoms with van der Waals surface area (Å²) in [4.78, 5) is 8.92. The van der Waals surface area contributed by atoms with Crippen LogP contribution in [0.2, 0.25) is 0 Å². The van der Waals surface area contributed by atoms with E-state index in [1.807, 2.05) is 31.1 Å². The molecule has 6 nitrogen and oxygen atoms in total. The molecule has 0 spiro atoms. The van der Waals surface area contributed by atoms with Crippen molar-refractivity contribution >= 4 is 22.9 Å². The van der Waals surface area contributed by atoms with Crippen molar-refractivity contribution in [3.8, 4) is 0 Å². The first-order chi connectivity index (χ1) is 10.1. The van der Waals surface area contributed by atoms with Gasteiger partial charge in [0.1, 0.15) is 11.9 Å². The summed E-state index contributed by atoms with van der Waals surface area (Å²) in [5.74, 6) is 0.446. The Hall–Kier alpha value is -2.08. The smallest absolute Gasteiger partial charge is 0.168 e. The predicted molar refractivity (Wildman–Crippen MR) is 89.3 cm³/mol. The van der Waals surface area contributed by atoms with Crippen LogP contribution in [0, 0.1) is 0 Å². The summed E-state index contributed by atoms with van der Waals surface area (Å²) in [6.07, 6.45) is -0.0764. The lowest BCUT2D eigenvalue weighted by Gasteiger charge is -2.21. The zero-order valence-electron chi connectivity index (χ0n) is 13.2. The number of hydrogen-bond donors (Lipinski definition) is 2. The van der Waals surface area contributed by atoms with Gasteiger partial charge in [-0.1, -0.05) is 0 Å². The van der Waals surface area contributed by atoms with E-state index in [1.54, 1.807) is 0 Å². The molecule has 1 atom stereocenters. The van der Waals surface area contributed by atoms with E-state index in [4.69, 9.17) is 5.73 Å². The van der Waals surface area contributed by atoms with E-state index in [1.165, 1.54) is 5.69 Å². The third-order valence-corrected chi connectivity index (χ3v) is 3.57. The van der Waals surface area contributed by atoms with E-state index in [0.717, 1.165) is 24.5 Å². The van der Waals surface area contributed by atoms with Gasteiger partial charge in [0.25, 0.3) is 0 Å². The number of nitrogens with two attached hydrogens (primary N) is 1. The molecule has 1 aliphatic rings. The Morgan fingerprint density at radius 3 is 2.33 bits per heavy atom. The number of nitrogens with one attached hydrogen (secondary N) is 1. The fourth-order valence-electron chi connectivity index (χ4n) is 2.33. The standard InChI is InChI=1S/C15H24N6/c1-5-21(6-2)12-9-7-11(8-10-12)17-13-14(16)18-19-15(13)20(3)4/h7-10,15,19H,5-6H2,1-4H3,(H2,16,18). The molecular formula is C15H24N6. The van der Waals surface area contributed by atoms with Gasteiger partial charge in [0.2, 0.25) is 0 Å². The molecule has 1 aliphatic heterocycles. The van der Waals surface area contributed by atoms with E-state index in [0.29, 0.717) is 5.84 Å². The van der Waals surface area contributed by atoms with E-state index in [-0.39, 0.29) is 6.17 Å². The number of amidine groups is 1. The zero-order chi connectivity index (χ0) is 15.4. The minimum atomic E-state index is -0.0764. The van der Waals surface area contributed by atoms with Crippen LogP contribution in [-0.2, 0) is 0 Å². The van der Waals surface area contributed by atoms with Gasteiger partial charge in [-0.2, -0.15) is 5.10 Å². The summed E-state index contributed by atoms with van der Waals surface area (Å²) in [7, 11) is 3.93. The summed E-state index contributed by atoms with van der Waals surface area (Å²) in [6.45, 7) is 6.30. The number of benzene rings is 1. The topological polar surface area (TPSA) is 69.2 Å². The molecule has 0 bridgehead atoms. The lowest BCUT2D eigenvalue weighted by atomic mass is 10.2. The molecule has 3 N–H and O–H groups in total. The van der Waals surface area contributed by atoms with Gasteiger partial charge < -0.3 is 10.6 Å². The van der Waals surface area contributed by atoms with Gasteiger partial charge >= 0.3 is 0 Å². The third kappa shape index (κ3) is 3.33. The Kier molecular flexibility index (Phi) is 4.80. The highest BCUT2D eigenvalue weighted by molar-refractivity contribution is 6.44. The highest BCUT2D eigenvalue weighted by Gasteiger charge is 2.26. The monoisotopic (exact) mass is 288 g/mol. The average molecular weight is 288 g/mol. The van der Waals surface area contributed by atoms with Crippen LogP contribution in [0.1, 0.15) is 13.8 Å². The normalized spacial score (nSPS) is 19.8. The quantitative estimate of drug-likeness (QED) is 0.858. The molecule has 0 saturated carbocycles. The second-order valence-electron chi connectivity index (χ2n) is 5.18. The summed E-state index contributed by atoms with van der Waals surface area (Å²) in [6, 6.07) is 8.21. The molecule has 2 rings (SSSR count). The van der Waals surface area contributed by atoms with E-state index in [2.05, 4.69) is 46.4 Å². The van der Waals surface area contributed by atoms with Crippen molar-refractivity contribution in [1.29, 1.82) is 0 Å². The second kappa shape index (κ2) is 6.58. The fraction of sp³-hybridized carbons (Fsp3) is 0.467. The van der Waals surface area contributed by atoms with Crippen molar-refractivity contribution < 1.29 is 0 Å². The summed E-state index contributed by atoms with van der Waals surface area (Å²) in [5, 5.41) is 4.05. The molecular weight excluding hydrogens is 264 g/mol. The number of anilines is 1. The van der Waals surface area contributed by atoms with Crippen molar-refractivity contribution in [2.24, 2.45) is 15.8 Å². The lowest BCUT2D eigenvalue weighted by molar-refractivity contribution is 0.326. The summed E-state index contributed by atoms with van der Waals surface area (Å²) in [5.41, 5.74) is 11.7. The van der Waals surface area contributed by atoms with Crippen LogP contribution in [0.15, 0.2) is 34.4 Å². The largest absolute Gasteiger partial charge is 0.381 e. The lowest BCUT2D eigenvalue weighted by Crippen LogP contribution is -2.43. The number of hydrogen-bond acceptors (Lipinski definition) is 6. The van der Waals surface area contributed by atoms with E-state index in [9.17, 15) is 0 Å². The number of aliphatic imine (C=N–C) groups is 1. The maximum atomic E-state index is 5.90. The molecule has 114 valence electrons. The molecule has 0 aliphatic carbocycles. The maximum Gasteiger partial charge on any atom is 0.168 e. The molecule has 0 amide bonds. The number of rotatable bonds is 5. The summed E-state index contributed by atoms with van der Waals surface area (Å²) >= 11 is 0. The number of nitrogens with zero attached hydrogens (tertiary/aromatic N) is 4. The van der Waals surface area contributed by atoms with Gasteiger partial charge in [0.05, 0.1) is 5.69 Å². The van der Waals surface area contributed by atoms with E-state index < -0.39 is 0 Å². The van der Waals surface area contributed by atoms with Crippen LogP contribution >= 0.6 is 0 Å². The van der Waals surface area contributed by atoms with Crippen LogP contribution in [0.25, 0.3) is 0 Å². The number of hydrazone groups is 1. The Morgan fingerprint density at radius 1 is 1.19 bits per heavy atom. The van der Waals surface area contributed by atoms with Crippen molar-refractivity contribution in [2.45, 2.75) is 20.0 Å². The zero-order valence-corrected chi connectivity index (χ0v) is 13.2. The van der Waals surface area contributed by atoms with Crippen LogP contribution in [0.5, 0.6) is 0 Å².